The number of anilines is 2. The highest BCUT2D eigenvalue weighted by Crippen LogP contribution is 2.25. The summed E-state index contributed by atoms with van der Waals surface area (Å²) in [4.78, 5) is 18.8. The molecule has 1 amide bonds. The second-order valence-corrected chi connectivity index (χ2v) is 6.75. The number of nitrogens with one attached hydrogen (secondary N) is 1. The normalized spacial score (nSPS) is 13.4. The summed E-state index contributed by atoms with van der Waals surface area (Å²) in [7, 11) is 0. The predicted octanol–water partition coefficient (Wildman–Crippen LogP) is 4.22. The summed E-state index contributed by atoms with van der Waals surface area (Å²) in [6.45, 7) is 1.28. The van der Waals surface area contributed by atoms with Gasteiger partial charge in [0.25, 0.3) is 5.91 Å². The van der Waals surface area contributed by atoms with Crippen LogP contribution in [0.4, 0.5) is 15.2 Å². The number of halogens is 1. The van der Waals surface area contributed by atoms with Gasteiger partial charge in [0.2, 0.25) is 0 Å². The van der Waals surface area contributed by atoms with Crippen molar-refractivity contribution in [3.8, 4) is 0 Å². The smallest absolute Gasteiger partial charge is 0.273 e. The number of thiazole rings is 1. The first-order chi connectivity index (χ1) is 12.2. The van der Waals surface area contributed by atoms with Crippen LogP contribution < -0.4 is 5.32 Å². The topological polar surface area (TPSA) is 45.2 Å². The number of para-hydroxylation sites is 1. The predicted molar refractivity (Wildman–Crippen MR) is 96.7 cm³/mol. The van der Waals surface area contributed by atoms with Gasteiger partial charge in [-0.05, 0) is 29.7 Å². The number of aromatic nitrogens is 1. The minimum atomic E-state index is -0.349. The van der Waals surface area contributed by atoms with Gasteiger partial charge in [0.1, 0.15) is 11.5 Å². The number of benzene rings is 2. The molecule has 0 saturated heterocycles. The number of fused-ring (bicyclic) bond motifs is 1. The number of carbonyl (C=O) groups is 1. The molecule has 3 aromatic rings. The lowest BCUT2D eigenvalue weighted by molar-refractivity contribution is 0.0729. The van der Waals surface area contributed by atoms with Gasteiger partial charge in [-0.2, -0.15) is 0 Å². The Kier molecular flexibility index (Phi) is 4.19. The first-order valence-electron chi connectivity index (χ1n) is 8.04. The standard InChI is InChI=1S/C19H16FN3OS/c20-15-7-3-4-8-16(15)21-19-22-17(12-25-19)18(24)23-10-9-13-5-1-2-6-14(13)11-23/h1-8,12H,9-11H2,(H,21,22). The van der Waals surface area contributed by atoms with Crippen molar-refractivity contribution in [2.45, 2.75) is 13.0 Å². The van der Waals surface area contributed by atoms with Gasteiger partial charge >= 0.3 is 0 Å². The van der Waals surface area contributed by atoms with Gasteiger partial charge in [0.05, 0.1) is 5.69 Å². The third-order valence-corrected chi connectivity index (χ3v) is 5.01. The fourth-order valence-corrected chi connectivity index (χ4v) is 3.63. The molecular weight excluding hydrogens is 337 g/mol. The van der Waals surface area contributed by atoms with E-state index >= 15 is 0 Å². The Labute approximate surface area is 148 Å². The Bertz CT molecular complexity index is 924. The molecule has 6 heteroatoms. The Morgan fingerprint density at radius 1 is 1.12 bits per heavy atom. The van der Waals surface area contributed by atoms with Gasteiger partial charge in [-0.3, -0.25) is 4.79 Å². The van der Waals surface area contributed by atoms with Crippen LogP contribution in [0.1, 0.15) is 21.6 Å². The summed E-state index contributed by atoms with van der Waals surface area (Å²) in [6.07, 6.45) is 0.854. The van der Waals surface area contributed by atoms with E-state index in [1.165, 1.54) is 28.5 Å². The Morgan fingerprint density at radius 2 is 1.88 bits per heavy atom. The van der Waals surface area contributed by atoms with Crippen molar-refractivity contribution in [1.82, 2.24) is 9.88 Å². The lowest BCUT2D eigenvalue weighted by Gasteiger charge is -2.28. The lowest BCUT2D eigenvalue weighted by atomic mass is 10.00. The molecule has 0 saturated carbocycles. The maximum Gasteiger partial charge on any atom is 0.273 e. The minimum Gasteiger partial charge on any atom is -0.333 e. The summed E-state index contributed by atoms with van der Waals surface area (Å²) in [5.41, 5.74) is 3.22. The van der Waals surface area contributed by atoms with E-state index in [4.69, 9.17) is 0 Å². The van der Waals surface area contributed by atoms with E-state index in [9.17, 15) is 9.18 Å². The zero-order chi connectivity index (χ0) is 17.2. The third-order valence-electron chi connectivity index (χ3n) is 4.26. The van der Waals surface area contributed by atoms with E-state index in [-0.39, 0.29) is 11.7 Å². The first kappa shape index (κ1) is 15.8. The van der Waals surface area contributed by atoms with Gasteiger partial charge in [-0.25, -0.2) is 9.37 Å². The molecule has 0 aliphatic carbocycles. The fourth-order valence-electron chi connectivity index (χ4n) is 2.94. The highest BCUT2D eigenvalue weighted by atomic mass is 32.1. The third kappa shape index (κ3) is 3.25. The van der Waals surface area contributed by atoms with E-state index in [1.807, 2.05) is 17.0 Å². The number of nitrogens with zero attached hydrogens (tertiary/aromatic N) is 2. The maximum atomic E-state index is 13.7. The molecule has 1 aliphatic rings. The van der Waals surface area contributed by atoms with Crippen LogP contribution in [0.25, 0.3) is 0 Å². The second-order valence-electron chi connectivity index (χ2n) is 5.89. The summed E-state index contributed by atoms with van der Waals surface area (Å²) in [5.74, 6) is -0.439. The van der Waals surface area contributed by atoms with E-state index in [2.05, 4.69) is 22.4 Å². The van der Waals surface area contributed by atoms with Crippen molar-refractivity contribution in [1.29, 1.82) is 0 Å². The van der Waals surface area contributed by atoms with Crippen molar-refractivity contribution in [3.05, 3.63) is 76.5 Å². The van der Waals surface area contributed by atoms with Crippen molar-refractivity contribution in [2.24, 2.45) is 0 Å². The minimum absolute atomic E-state index is 0.0904. The average Bonchev–Trinajstić information content (AvgIpc) is 3.11. The van der Waals surface area contributed by atoms with Crippen LogP contribution in [0.15, 0.2) is 53.9 Å². The molecule has 0 spiro atoms. The van der Waals surface area contributed by atoms with Crippen LogP contribution in [-0.2, 0) is 13.0 Å². The number of rotatable bonds is 3. The van der Waals surface area contributed by atoms with Gasteiger partial charge in [-0.15, -0.1) is 11.3 Å². The molecule has 4 nitrogen and oxygen atoms in total. The Hall–Kier alpha value is -2.73. The van der Waals surface area contributed by atoms with Crippen LogP contribution in [0.3, 0.4) is 0 Å². The molecule has 1 aromatic heterocycles. The molecule has 0 bridgehead atoms. The van der Waals surface area contributed by atoms with Crippen molar-refractivity contribution in [2.75, 3.05) is 11.9 Å². The molecule has 1 N–H and O–H groups in total. The van der Waals surface area contributed by atoms with Gasteiger partial charge in [0, 0.05) is 18.5 Å². The molecule has 4 rings (SSSR count). The van der Waals surface area contributed by atoms with Crippen molar-refractivity contribution >= 4 is 28.1 Å². The van der Waals surface area contributed by atoms with E-state index < -0.39 is 0 Å². The van der Waals surface area contributed by atoms with Crippen LogP contribution in [0.2, 0.25) is 0 Å². The monoisotopic (exact) mass is 353 g/mol. The van der Waals surface area contributed by atoms with E-state index in [0.29, 0.717) is 29.6 Å². The van der Waals surface area contributed by atoms with Crippen molar-refractivity contribution in [3.63, 3.8) is 0 Å². The molecule has 1 aliphatic heterocycles. The molecule has 0 radical (unpaired) electrons. The molecule has 0 unspecified atom stereocenters. The zero-order valence-corrected chi connectivity index (χ0v) is 14.2. The van der Waals surface area contributed by atoms with E-state index in [0.717, 1.165) is 6.42 Å². The largest absolute Gasteiger partial charge is 0.333 e. The highest BCUT2D eigenvalue weighted by Gasteiger charge is 2.23. The summed E-state index contributed by atoms with van der Waals surface area (Å²) < 4.78 is 13.7. The lowest BCUT2D eigenvalue weighted by Crippen LogP contribution is -2.36. The first-order valence-corrected chi connectivity index (χ1v) is 8.92. The molecule has 0 fully saturated rings. The number of hydrogen-bond donors (Lipinski definition) is 1. The van der Waals surface area contributed by atoms with Gasteiger partial charge < -0.3 is 10.2 Å². The van der Waals surface area contributed by atoms with Crippen LogP contribution in [-0.4, -0.2) is 22.3 Å². The fraction of sp³-hybridized carbons (Fsp3) is 0.158. The quantitative estimate of drug-likeness (QED) is 0.767. The molecular formula is C19H16FN3OS. The molecule has 126 valence electrons. The Balaban J connectivity index is 1.49. The van der Waals surface area contributed by atoms with Gasteiger partial charge in [0.15, 0.2) is 5.13 Å². The van der Waals surface area contributed by atoms with Crippen LogP contribution in [0, 0.1) is 5.82 Å². The number of carbonyl (C=O) groups excluding carboxylic acids is 1. The molecule has 25 heavy (non-hydrogen) atoms. The summed E-state index contributed by atoms with van der Waals surface area (Å²) >= 11 is 1.29. The van der Waals surface area contributed by atoms with Crippen LogP contribution in [0.5, 0.6) is 0 Å². The number of amides is 1. The van der Waals surface area contributed by atoms with Gasteiger partial charge in [-0.1, -0.05) is 36.4 Å². The summed E-state index contributed by atoms with van der Waals surface area (Å²) in [6, 6.07) is 14.6. The second kappa shape index (κ2) is 6.64. The molecule has 2 aromatic carbocycles. The average molecular weight is 353 g/mol. The van der Waals surface area contributed by atoms with E-state index in [1.54, 1.807) is 23.6 Å². The highest BCUT2D eigenvalue weighted by molar-refractivity contribution is 7.14. The van der Waals surface area contributed by atoms with Crippen LogP contribution >= 0.6 is 11.3 Å². The summed E-state index contributed by atoms with van der Waals surface area (Å²) in [5, 5.41) is 5.15. The number of hydrogen-bond acceptors (Lipinski definition) is 4. The molecule has 0 atom stereocenters. The maximum absolute atomic E-state index is 13.7. The Morgan fingerprint density at radius 3 is 2.72 bits per heavy atom. The zero-order valence-electron chi connectivity index (χ0n) is 13.4. The van der Waals surface area contributed by atoms with Crippen molar-refractivity contribution < 1.29 is 9.18 Å². The molecule has 2 heterocycles. The SMILES string of the molecule is O=C(c1csc(Nc2ccccc2F)n1)N1CCc2ccccc2C1.